The second-order valence-electron chi connectivity index (χ2n) is 4.66. The number of aromatic nitrogens is 1. The maximum absolute atomic E-state index is 13.5. The molecule has 0 radical (unpaired) electrons. The Kier molecular flexibility index (Phi) is 5.33. The normalized spacial score (nSPS) is 10.4. The van der Waals surface area contributed by atoms with Crippen molar-refractivity contribution in [3.05, 3.63) is 46.1 Å². The van der Waals surface area contributed by atoms with Crippen molar-refractivity contribution < 1.29 is 23.2 Å². The number of ether oxygens (including phenoxy) is 1. The summed E-state index contributed by atoms with van der Waals surface area (Å²) in [5.74, 6) is -1.74. The molecule has 0 aliphatic heterocycles. The molecular weight excluding hydrogens is 327 g/mol. The molecule has 122 valence electrons. The summed E-state index contributed by atoms with van der Waals surface area (Å²) in [6.45, 7) is 2.81. The van der Waals surface area contributed by atoms with Gasteiger partial charge >= 0.3 is 5.97 Å². The minimum Gasteiger partial charge on any atom is -0.452 e. The molecule has 2 aromatic rings. The fraction of sp³-hybridized carbons (Fsp3) is 0.267. The Labute approximate surface area is 136 Å². The largest absolute Gasteiger partial charge is 0.452 e. The topological polar surface area (TPSA) is 81.4 Å². The van der Waals surface area contributed by atoms with Gasteiger partial charge in [0.2, 0.25) is 0 Å². The zero-order valence-electron chi connectivity index (χ0n) is 12.5. The van der Waals surface area contributed by atoms with Gasteiger partial charge in [0, 0.05) is 5.02 Å². The summed E-state index contributed by atoms with van der Waals surface area (Å²) < 4.78 is 23.3. The average molecular weight is 341 g/mol. The van der Waals surface area contributed by atoms with Crippen LogP contribution in [0.3, 0.4) is 0 Å². The molecule has 0 fully saturated rings. The van der Waals surface area contributed by atoms with E-state index in [9.17, 15) is 14.0 Å². The third kappa shape index (κ3) is 4.07. The first-order valence-corrected chi connectivity index (χ1v) is 7.17. The van der Waals surface area contributed by atoms with Crippen molar-refractivity contribution in [1.82, 2.24) is 5.16 Å². The highest BCUT2D eigenvalue weighted by Gasteiger charge is 2.21. The molecular formula is C15H14ClFN2O4. The molecule has 0 spiro atoms. The van der Waals surface area contributed by atoms with E-state index in [1.54, 1.807) is 6.92 Å². The predicted octanol–water partition coefficient (Wildman–Crippen LogP) is 3.13. The number of hydrogen-bond acceptors (Lipinski definition) is 5. The van der Waals surface area contributed by atoms with E-state index in [0.717, 1.165) is 6.07 Å². The molecule has 23 heavy (non-hydrogen) atoms. The summed E-state index contributed by atoms with van der Waals surface area (Å²) in [5, 5.41) is 6.28. The Morgan fingerprint density at radius 2 is 2.17 bits per heavy atom. The molecule has 0 unspecified atom stereocenters. The summed E-state index contributed by atoms with van der Waals surface area (Å²) >= 11 is 5.73. The lowest BCUT2D eigenvalue weighted by Crippen LogP contribution is -2.22. The number of carbonyl (C=O) groups is 2. The van der Waals surface area contributed by atoms with Crippen molar-refractivity contribution in [2.45, 2.75) is 20.3 Å². The number of esters is 1. The van der Waals surface area contributed by atoms with Crippen molar-refractivity contribution in [3.63, 3.8) is 0 Å². The molecule has 1 amide bonds. The van der Waals surface area contributed by atoms with Crippen LogP contribution in [0, 0.1) is 12.7 Å². The summed E-state index contributed by atoms with van der Waals surface area (Å²) in [7, 11) is 0. The van der Waals surface area contributed by atoms with Gasteiger partial charge in [-0.05, 0) is 31.5 Å². The maximum atomic E-state index is 13.5. The second kappa shape index (κ2) is 7.23. The number of hydrogen-bond donors (Lipinski definition) is 1. The van der Waals surface area contributed by atoms with Crippen LogP contribution >= 0.6 is 11.6 Å². The van der Waals surface area contributed by atoms with Crippen LogP contribution in [-0.2, 0) is 16.0 Å². The average Bonchev–Trinajstić information content (AvgIpc) is 2.89. The van der Waals surface area contributed by atoms with E-state index in [-0.39, 0.29) is 16.3 Å². The van der Waals surface area contributed by atoms with Crippen LogP contribution in [0.1, 0.15) is 28.7 Å². The number of nitrogens with one attached hydrogen (secondary N) is 1. The zero-order chi connectivity index (χ0) is 17.0. The van der Waals surface area contributed by atoms with E-state index >= 15 is 0 Å². The van der Waals surface area contributed by atoms with Gasteiger partial charge in [0.25, 0.3) is 5.91 Å². The third-order valence-corrected chi connectivity index (χ3v) is 3.24. The van der Waals surface area contributed by atoms with E-state index < -0.39 is 24.3 Å². The first kappa shape index (κ1) is 17.0. The number of aryl methyl sites for hydroxylation is 2. The fourth-order valence-electron chi connectivity index (χ4n) is 1.90. The van der Waals surface area contributed by atoms with E-state index in [1.807, 2.05) is 6.92 Å². The molecule has 8 heteroatoms. The minimum atomic E-state index is -0.720. The molecule has 0 bridgehead atoms. The van der Waals surface area contributed by atoms with Gasteiger partial charge in [0.15, 0.2) is 6.61 Å². The van der Waals surface area contributed by atoms with Crippen LogP contribution in [-0.4, -0.2) is 23.6 Å². The number of amides is 1. The van der Waals surface area contributed by atoms with Crippen LogP contribution in [0.25, 0.3) is 0 Å². The summed E-state index contributed by atoms with van der Waals surface area (Å²) in [6.07, 6.45) is 0.488. The van der Waals surface area contributed by atoms with E-state index in [0.29, 0.717) is 17.9 Å². The van der Waals surface area contributed by atoms with Crippen LogP contribution in [0.4, 0.5) is 10.1 Å². The molecule has 1 aromatic carbocycles. The highest BCUT2D eigenvalue weighted by Crippen LogP contribution is 2.19. The van der Waals surface area contributed by atoms with E-state index in [4.69, 9.17) is 20.9 Å². The van der Waals surface area contributed by atoms with Gasteiger partial charge in [-0.25, -0.2) is 9.18 Å². The molecule has 1 N–H and O–H groups in total. The third-order valence-electron chi connectivity index (χ3n) is 3.01. The number of rotatable bonds is 5. The lowest BCUT2D eigenvalue weighted by atomic mass is 10.1. The number of carbonyl (C=O) groups excluding carboxylic acids is 2. The lowest BCUT2D eigenvalue weighted by molar-refractivity contribution is -0.119. The molecule has 1 aromatic heterocycles. The number of halogens is 2. The van der Waals surface area contributed by atoms with Crippen molar-refractivity contribution in [2.75, 3.05) is 11.9 Å². The van der Waals surface area contributed by atoms with Crippen molar-refractivity contribution in [1.29, 1.82) is 0 Å². The molecule has 0 saturated heterocycles. The molecule has 0 aliphatic rings. The molecule has 1 heterocycles. The lowest BCUT2D eigenvalue weighted by Gasteiger charge is -2.08. The maximum Gasteiger partial charge on any atom is 0.344 e. The zero-order valence-corrected chi connectivity index (χ0v) is 13.2. The first-order valence-electron chi connectivity index (χ1n) is 6.79. The Morgan fingerprint density at radius 1 is 1.43 bits per heavy atom. The van der Waals surface area contributed by atoms with Crippen LogP contribution < -0.4 is 5.32 Å². The molecule has 6 nitrogen and oxygen atoms in total. The fourth-order valence-corrected chi connectivity index (χ4v) is 2.08. The summed E-state index contributed by atoms with van der Waals surface area (Å²) in [5.41, 5.74) is 0.567. The minimum absolute atomic E-state index is 0.0889. The second-order valence-corrected chi connectivity index (χ2v) is 5.10. The summed E-state index contributed by atoms with van der Waals surface area (Å²) in [4.78, 5) is 23.7. The predicted molar refractivity (Wildman–Crippen MR) is 80.9 cm³/mol. The SMILES string of the molecule is CCc1noc(C)c1C(=O)OCC(=O)Nc1cc(Cl)ccc1F. The van der Waals surface area contributed by atoms with Gasteiger partial charge in [0.05, 0.1) is 11.4 Å². The quantitative estimate of drug-likeness (QED) is 0.846. The number of anilines is 1. The van der Waals surface area contributed by atoms with Gasteiger partial charge < -0.3 is 14.6 Å². The van der Waals surface area contributed by atoms with Crippen molar-refractivity contribution >= 4 is 29.2 Å². The highest BCUT2D eigenvalue weighted by molar-refractivity contribution is 6.30. The van der Waals surface area contributed by atoms with E-state index in [1.165, 1.54) is 12.1 Å². The number of nitrogens with zero attached hydrogens (tertiary/aromatic N) is 1. The molecule has 0 atom stereocenters. The number of benzene rings is 1. The molecule has 0 aliphatic carbocycles. The van der Waals surface area contributed by atoms with Gasteiger partial charge in [-0.1, -0.05) is 23.7 Å². The summed E-state index contributed by atoms with van der Waals surface area (Å²) in [6, 6.07) is 3.74. The van der Waals surface area contributed by atoms with Gasteiger partial charge in [-0.2, -0.15) is 0 Å². The van der Waals surface area contributed by atoms with Crippen LogP contribution in [0.2, 0.25) is 5.02 Å². The first-order chi connectivity index (χ1) is 10.9. The van der Waals surface area contributed by atoms with E-state index in [2.05, 4.69) is 10.5 Å². The highest BCUT2D eigenvalue weighted by atomic mass is 35.5. The Balaban J connectivity index is 1.97. The standard InChI is InChI=1S/C15H14ClFN2O4/c1-3-11-14(8(2)23-19-11)15(21)22-7-13(20)18-12-6-9(16)4-5-10(12)17/h4-6H,3,7H2,1-2H3,(H,18,20). The Morgan fingerprint density at radius 3 is 2.87 bits per heavy atom. The van der Waals surface area contributed by atoms with Gasteiger partial charge in [0.1, 0.15) is 17.1 Å². The Hall–Kier alpha value is -2.41. The van der Waals surface area contributed by atoms with Crippen LogP contribution in [0.5, 0.6) is 0 Å². The monoisotopic (exact) mass is 340 g/mol. The molecule has 2 rings (SSSR count). The van der Waals surface area contributed by atoms with Gasteiger partial charge in [-0.3, -0.25) is 4.79 Å². The van der Waals surface area contributed by atoms with Crippen molar-refractivity contribution in [3.8, 4) is 0 Å². The van der Waals surface area contributed by atoms with Crippen molar-refractivity contribution in [2.24, 2.45) is 0 Å². The molecule has 0 saturated carbocycles. The van der Waals surface area contributed by atoms with Gasteiger partial charge in [-0.15, -0.1) is 0 Å². The Bertz CT molecular complexity index is 745. The van der Waals surface area contributed by atoms with Crippen LogP contribution in [0.15, 0.2) is 22.7 Å². The smallest absolute Gasteiger partial charge is 0.344 e.